The van der Waals surface area contributed by atoms with Crippen LogP contribution in [0.5, 0.6) is 5.75 Å². The molecule has 1 aliphatic carbocycles. The van der Waals surface area contributed by atoms with Crippen molar-refractivity contribution >= 4 is 11.6 Å². The minimum Gasteiger partial charge on any atom is -0.487 e. The quantitative estimate of drug-likeness (QED) is 0.422. The number of halogens is 4. The lowest BCUT2D eigenvalue weighted by molar-refractivity contribution is -0.137. The van der Waals surface area contributed by atoms with Gasteiger partial charge >= 0.3 is 6.18 Å². The summed E-state index contributed by atoms with van der Waals surface area (Å²) in [5, 5.41) is 12.0. The van der Waals surface area contributed by atoms with Gasteiger partial charge < -0.3 is 20.5 Å². The predicted molar refractivity (Wildman–Crippen MR) is 129 cm³/mol. The van der Waals surface area contributed by atoms with Crippen molar-refractivity contribution in [1.82, 2.24) is 4.90 Å². The van der Waals surface area contributed by atoms with Crippen molar-refractivity contribution in [1.29, 1.82) is 0 Å². The monoisotopic (exact) mass is 498 g/mol. The first-order chi connectivity index (χ1) is 16.2. The van der Waals surface area contributed by atoms with Crippen LogP contribution in [0.3, 0.4) is 0 Å². The molecule has 0 spiro atoms. The van der Waals surface area contributed by atoms with Crippen LogP contribution in [-0.4, -0.2) is 41.8 Å². The molecule has 1 unspecified atom stereocenters. The molecule has 0 saturated heterocycles. The Morgan fingerprint density at radius 1 is 1.12 bits per heavy atom. The Bertz CT molecular complexity index is 915. The molecule has 4 nitrogen and oxygen atoms in total. The van der Waals surface area contributed by atoms with Crippen molar-refractivity contribution in [3.05, 3.63) is 64.2 Å². The summed E-state index contributed by atoms with van der Waals surface area (Å²) < 4.78 is 44.1. The zero-order chi connectivity index (χ0) is 24.8. The van der Waals surface area contributed by atoms with Crippen molar-refractivity contribution in [2.75, 3.05) is 26.2 Å². The summed E-state index contributed by atoms with van der Waals surface area (Å²) in [7, 11) is 0. The molecule has 8 heteroatoms. The molecule has 2 aromatic carbocycles. The van der Waals surface area contributed by atoms with Gasteiger partial charge in [0.25, 0.3) is 0 Å². The van der Waals surface area contributed by atoms with Gasteiger partial charge in [-0.3, -0.25) is 0 Å². The molecule has 3 N–H and O–H groups in total. The predicted octanol–water partition coefficient (Wildman–Crippen LogP) is 6.00. The second-order valence-corrected chi connectivity index (χ2v) is 9.48. The first-order valence-corrected chi connectivity index (χ1v) is 12.3. The topological polar surface area (TPSA) is 58.7 Å². The van der Waals surface area contributed by atoms with E-state index in [1.54, 1.807) is 6.07 Å². The molecule has 0 aliphatic heterocycles. The molecule has 0 amide bonds. The van der Waals surface area contributed by atoms with E-state index >= 15 is 0 Å². The lowest BCUT2D eigenvalue weighted by Crippen LogP contribution is -2.45. The maximum atomic E-state index is 12.8. The summed E-state index contributed by atoms with van der Waals surface area (Å²) in [5.74, 6) is 0.342. The highest BCUT2D eigenvalue weighted by Gasteiger charge is 2.39. The standard InChI is InChI=1S/C26H34ClF3N2O2/c1-2-32(15-14-31)17-22(25(33)12-4-3-5-13-25)20-8-11-24(23(27)16-20)34-18-19-6-9-21(10-7-19)26(28,29)30/h6-11,16,22,33H,2-5,12-15,17-18,31H2,1H3. The number of rotatable bonds is 10. The molecule has 1 saturated carbocycles. The number of hydrogen-bond donors (Lipinski definition) is 2. The van der Waals surface area contributed by atoms with E-state index in [1.165, 1.54) is 12.1 Å². The van der Waals surface area contributed by atoms with Crippen molar-refractivity contribution < 1.29 is 23.0 Å². The van der Waals surface area contributed by atoms with Crippen molar-refractivity contribution in [2.45, 2.75) is 63.3 Å². The maximum absolute atomic E-state index is 12.8. The first-order valence-electron chi connectivity index (χ1n) is 11.9. The Morgan fingerprint density at radius 2 is 1.79 bits per heavy atom. The van der Waals surface area contributed by atoms with Crippen molar-refractivity contribution in [2.24, 2.45) is 5.73 Å². The van der Waals surface area contributed by atoms with Gasteiger partial charge in [-0.1, -0.05) is 56.0 Å². The molecule has 0 bridgehead atoms. The highest BCUT2D eigenvalue weighted by atomic mass is 35.5. The van der Waals surface area contributed by atoms with E-state index in [-0.39, 0.29) is 12.5 Å². The van der Waals surface area contributed by atoms with Gasteiger partial charge in [-0.15, -0.1) is 0 Å². The average Bonchev–Trinajstić information content (AvgIpc) is 2.81. The fourth-order valence-corrected chi connectivity index (χ4v) is 4.96. The van der Waals surface area contributed by atoms with E-state index in [1.807, 2.05) is 12.1 Å². The number of ether oxygens (including phenoxy) is 1. The number of hydrogen-bond acceptors (Lipinski definition) is 4. The number of nitrogens with zero attached hydrogens (tertiary/aromatic N) is 1. The summed E-state index contributed by atoms with van der Waals surface area (Å²) in [4.78, 5) is 2.25. The highest BCUT2D eigenvalue weighted by Crippen LogP contribution is 2.42. The molecule has 3 rings (SSSR count). The Morgan fingerprint density at radius 3 is 2.35 bits per heavy atom. The second kappa shape index (κ2) is 11.8. The highest BCUT2D eigenvalue weighted by molar-refractivity contribution is 6.32. The summed E-state index contributed by atoms with van der Waals surface area (Å²) >= 11 is 6.55. The van der Waals surface area contributed by atoms with Crippen LogP contribution >= 0.6 is 11.6 Å². The Labute approximate surface area is 204 Å². The largest absolute Gasteiger partial charge is 0.487 e. The number of aliphatic hydroxyl groups is 1. The van der Waals surface area contributed by atoms with Crippen molar-refractivity contribution in [3.8, 4) is 5.75 Å². The van der Waals surface area contributed by atoms with E-state index < -0.39 is 17.3 Å². The molecule has 188 valence electrons. The van der Waals surface area contributed by atoms with Crippen LogP contribution in [0.15, 0.2) is 42.5 Å². The van der Waals surface area contributed by atoms with Crippen LogP contribution in [0, 0.1) is 0 Å². The van der Waals surface area contributed by atoms with Crippen molar-refractivity contribution in [3.63, 3.8) is 0 Å². The van der Waals surface area contributed by atoms with Gasteiger partial charge in [-0.2, -0.15) is 13.2 Å². The van der Waals surface area contributed by atoms with Crippen LogP contribution in [0.4, 0.5) is 13.2 Å². The molecule has 0 heterocycles. The third-order valence-electron chi connectivity index (χ3n) is 6.74. The number of nitrogens with two attached hydrogens (primary N) is 1. The summed E-state index contributed by atoms with van der Waals surface area (Å²) in [6.45, 7) is 5.02. The van der Waals surface area contributed by atoms with Crippen LogP contribution < -0.4 is 10.5 Å². The van der Waals surface area contributed by atoms with Crippen LogP contribution in [0.1, 0.15) is 61.6 Å². The molecule has 1 fully saturated rings. The molecule has 2 aromatic rings. The molecular weight excluding hydrogens is 465 g/mol. The molecular formula is C26H34ClF3N2O2. The van der Waals surface area contributed by atoms with E-state index in [2.05, 4.69) is 11.8 Å². The molecule has 1 aliphatic rings. The molecule has 34 heavy (non-hydrogen) atoms. The zero-order valence-corrected chi connectivity index (χ0v) is 20.3. The minimum atomic E-state index is -4.37. The lowest BCUT2D eigenvalue weighted by Gasteiger charge is -2.42. The Balaban J connectivity index is 1.76. The van der Waals surface area contributed by atoms with E-state index in [0.29, 0.717) is 29.4 Å². The minimum absolute atomic E-state index is 0.102. The van der Waals surface area contributed by atoms with Gasteiger partial charge in [-0.05, 0) is 54.8 Å². The SMILES string of the molecule is CCN(CCN)CC(c1ccc(OCc2ccc(C(F)(F)F)cc2)c(Cl)c1)C1(O)CCCCC1. The molecule has 1 atom stereocenters. The van der Waals surface area contributed by atoms with Gasteiger partial charge in [0.05, 0.1) is 16.2 Å². The van der Waals surface area contributed by atoms with Crippen LogP contribution in [0.25, 0.3) is 0 Å². The first kappa shape index (κ1) is 26.8. The Kier molecular flexibility index (Phi) is 9.27. The third-order valence-corrected chi connectivity index (χ3v) is 7.03. The fourth-order valence-electron chi connectivity index (χ4n) is 4.72. The van der Waals surface area contributed by atoms with E-state index in [9.17, 15) is 18.3 Å². The summed E-state index contributed by atoms with van der Waals surface area (Å²) in [6.07, 6.45) is 0.265. The van der Waals surface area contributed by atoms with Gasteiger partial charge in [-0.25, -0.2) is 0 Å². The van der Waals surface area contributed by atoms with E-state index in [4.69, 9.17) is 22.1 Å². The molecule has 0 radical (unpaired) electrons. The van der Waals surface area contributed by atoms with Gasteiger partial charge in [0.2, 0.25) is 0 Å². The second-order valence-electron chi connectivity index (χ2n) is 9.07. The Hall–Kier alpha value is -1.80. The van der Waals surface area contributed by atoms with Gasteiger partial charge in [0.1, 0.15) is 12.4 Å². The lowest BCUT2D eigenvalue weighted by atomic mass is 9.72. The zero-order valence-electron chi connectivity index (χ0n) is 19.6. The number of likely N-dealkylation sites (N-methyl/N-ethyl adjacent to an activating group) is 1. The molecule has 0 aromatic heterocycles. The number of benzene rings is 2. The number of alkyl halides is 3. The average molecular weight is 499 g/mol. The normalized spacial score (nSPS) is 17.1. The summed E-state index contributed by atoms with van der Waals surface area (Å²) in [5.41, 5.74) is 5.86. The van der Waals surface area contributed by atoms with E-state index in [0.717, 1.165) is 62.9 Å². The smallest absolute Gasteiger partial charge is 0.416 e. The van der Waals surface area contributed by atoms with Gasteiger partial charge in [0.15, 0.2) is 0 Å². The third kappa shape index (κ3) is 6.87. The van der Waals surface area contributed by atoms with Crippen LogP contribution in [-0.2, 0) is 12.8 Å². The summed E-state index contributed by atoms with van der Waals surface area (Å²) in [6, 6.07) is 10.4. The fraction of sp³-hybridized carbons (Fsp3) is 0.538. The van der Waals surface area contributed by atoms with Crippen LogP contribution in [0.2, 0.25) is 5.02 Å². The van der Waals surface area contributed by atoms with Gasteiger partial charge in [0, 0.05) is 25.6 Å². The maximum Gasteiger partial charge on any atom is 0.416 e.